The monoisotopic (exact) mass is 742 g/mol. The van der Waals surface area contributed by atoms with Crippen molar-refractivity contribution in [3.05, 3.63) is 206 Å². The fraction of sp³-hybridized carbons (Fsp3) is 0. The van der Waals surface area contributed by atoms with Crippen LogP contribution in [0.5, 0.6) is 0 Å². The van der Waals surface area contributed by atoms with Crippen molar-refractivity contribution in [1.82, 2.24) is 4.57 Å². The number of nitrogens with zero attached hydrogens (tertiary/aromatic N) is 2. The molecule has 0 atom stereocenters. The van der Waals surface area contributed by atoms with Crippen LogP contribution in [-0.4, -0.2) is 4.57 Å². The van der Waals surface area contributed by atoms with Gasteiger partial charge in [0.1, 0.15) is 0 Å². The summed E-state index contributed by atoms with van der Waals surface area (Å²) in [6.45, 7) is 0. The second kappa shape index (κ2) is 12.7. The van der Waals surface area contributed by atoms with E-state index in [1.54, 1.807) is 0 Å². The predicted octanol–water partition coefficient (Wildman–Crippen LogP) is 15.7. The molecule has 0 fully saturated rings. The van der Waals surface area contributed by atoms with Crippen LogP contribution in [0.15, 0.2) is 206 Å². The molecule has 0 unspecified atom stereocenters. The van der Waals surface area contributed by atoms with Gasteiger partial charge in [0.25, 0.3) is 0 Å². The van der Waals surface area contributed by atoms with Gasteiger partial charge in [-0.05, 0) is 111 Å². The third-order valence-corrected chi connectivity index (χ3v) is 12.8. The lowest BCUT2D eigenvalue weighted by Gasteiger charge is -2.28. The highest BCUT2D eigenvalue weighted by atomic mass is 32.1. The summed E-state index contributed by atoms with van der Waals surface area (Å²) in [5, 5.41) is 12.5. The lowest BCUT2D eigenvalue weighted by molar-refractivity contribution is 1.18. The summed E-state index contributed by atoms with van der Waals surface area (Å²) in [4.78, 5) is 2.48. The third-order valence-electron chi connectivity index (χ3n) is 11.7. The molecule has 266 valence electrons. The molecule has 0 saturated carbocycles. The minimum absolute atomic E-state index is 1.11. The zero-order chi connectivity index (χ0) is 37.5. The maximum Gasteiger partial charge on any atom is 0.0561 e. The van der Waals surface area contributed by atoms with E-state index in [1.807, 2.05) is 11.3 Å². The fourth-order valence-electron chi connectivity index (χ4n) is 9.06. The number of thiophene rings is 1. The minimum atomic E-state index is 1.11. The Hall–Kier alpha value is -7.20. The van der Waals surface area contributed by atoms with Gasteiger partial charge in [-0.1, -0.05) is 133 Å². The standard InChI is InChI=1S/C54H34N2S/c1-2-16-40(17-3-1)56-50-21-11-10-20-46(50)47-26-24-42(34-52(47)56)55(41-25-29-53-49(33-41)48-31-37-14-6-7-15-38(37)32-54(48)57-53)51-28-27-43(44-18-8-9-19-45(44)51)39-23-22-35-12-4-5-13-36(35)30-39/h1-34H. The van der Waals surface area contributed by atoms with E-state index in [-0.39, 0.29) is 0 Å². The number of benzene rings is 10. The molecule has 0 aliphatic carbocycles. The van der Waals surface area contributed by atoms with Crippen molar-refractivity contribution in [2.45, 2.75) is 0 Å². The molecule has 2 heterocycles. The largest absolute Gasteiger partial charge is 0.310 e. The maximum atomic E-state index is 2.48. The first-order valence-corrected chi connectivity index (χ1v) is 20.3. The Kier molecular flexibility index (Phi) is 7.13. The Balaban J connectivity index is 1.13. The number of para-hydroxylation sites is 2. The first-order valence-electron chi connectivity index (χ1n) is 19.5. The van der Waals surface area contributed by atoms with Crippen molar-refractivity contribution in [2.24, 2.45) is 0 Å². The smallest absolute Gasteiger partial charge is 0.0561 e. The van der Waals surface area contributed by atoms with Crippen molar-refractivity contribution in [1.29, 1.82) is 0 Å². The summed E-state index contributed by atoms with van der Waals surface area (Å²) < 4.78 is 5.01. The van der Waals surface area contributed by atoms with Gasteiger partial charge in [-0.3, -0.25) is 0 Å². The zero-order valence-corrected chi connectivity index (χ0v) is 31.7. The van der Waals surface area contributed by atoms with Gasteiger partial charge in [-0.2, -0.15) is 0 Å². The minimum Gasteiger partial charge on any atom is -0.310 e. The predicted molar refractivity (Wildman–Crippen MR) is 246 cm³/mol. The maximum absolute atomic E-state index is 2.48. The second-order valence-electron chi connectivity index (χ2n) is 14.9. The molecule has 12 rings (SSSR count). The molecule has 12 aromatic rings. The van der Waals surface area contributed by atoms with Crippen LogP contribution in [0.3, 0.4) is 0 Å². The average molecular weight is 743 g/mol. The number of aromatic nitrogens is 1. The third kappa shape index (κ3) is 5.10. The molecule has 0 bridgehead atoms. The van der Waals surface area contributed by atoms with Gasteiger partial charge in [-0.15, -0.1) is 11.3 Å². The van der Waals surface area contributed by atoms with Crippen LogP contribution in [0.1, 0.15) is 0 Å². The van der Waals surface area contributed by atoms with E-state index in [2.05, 4.69) is 216 Å². The van der Waals surface area contributed by atoms with Crippen LogP contribution >= 0.6 is 11.3 Å². The van der Waals surface area contributed by atoms with Gasteiger partial charge < -0.3 is 9.47 Å². The molecule has 0 aliphatic heterocycles. The lowest BCUT2D eigenvalue weighted by atomic mass is 9.94. The summed E-state index contributed by atoms with van der Waals surface area (Å²) in [6.07, 6.45) is 0. The van der Waals surface area contributed by atoms with E-state index in [0.29, 0.717) is 0 Å². The summed E-state index contributed by atoms with van der Waals surface area (Å²) >= 11 is 1.87. The Morgan fingerprint density at radius 1 is 0.351 bits per heavy atom. The van der Waals surface area contributed by atoms with Gasteiger partial charge in [0, 0.05) is 53.4 Å². The van der Waals surface area contributed by atoms with Crippen molar-refractivity contribution in [3.8, 4) is 16.8 Å². The summed E-state index contributed by atoms with van der Waals surface area (Å²) in [7, 11) is 0. The van der Waals surface area contributed by atoms with E-state index in [9.17, 15) is 0 Å². The summed E-state index contributed by atoms with van der Waals surface area (Å²) in [6, 6.07) is 75.9. The normalized spacial score (nSPS) is 11.9. The molecule has 10 aromatic carbocycles. The van der Waals surface area contributed by atoms with Crippen LogP contribution in [-0.2, 0) is 0 Å². The number of hydrogen-bond donors (Lipinski definition) is 0. The highest BCUT2D eigenvalue weighted by molar-refractivity contribution is 7.25. The van der Waals surface area contributed by atoms with Crippen molar-refractivity contribution < 1.29 is 0 Å². The molecule has 3 heteroatoms. The van der Waals surface area contributed by atoms with Gasteiger partial charge >= 0.3 is 0 Å². The molecule has 0 amide bonds. The Morgan fingerprint density at radius 3 is 1.82 bits per heavy atom. The quantitative estimate of drug-likeness (QED) is 0.170. The summed E-state index contributed by atoms with van der Waals surface area (Å²) in [5.41, 5.74) is 9.34. The molecule has 0 N–H and O–H groups in total. The lowest BCUT2D eigenvalue weighted by Crippen LogP contribution is -2.11. The van der Waals surface area contributed by atoms with E-state index in [1.165, 1.54) is 85.4 Å². The van der Waals surface area contributed by atoms with Crippen molar-refractivity contribution in [2.75, 3.05) is 4.90 Å². The van der Waals surface area contributed by atoms with Crippen LogP contribution < -0.4 is 4.90 Å². The number of fused-ring (bicyclic) bond motifs is 9. The Labute approximate surface area is 333 Å². The molecule has 0 spiro atoms. The Bertz CT molecular complexity index is 3540. The number of anilines is 3. The van der Waals surface area contributed by atoms with Crippen LogP contribution in [0.2, 0.25) is 0 Å². The van der Waals surface area contributed by atoms with E-state index >= 15 is 0 Å². The molecule has 2 aromatic heterocycles. The van der Waals surface area contributed by atoms with Crippen molar-refractivity contribution >= 4 is 103 Å². The van der Waals surface area contributed by atoms with Crippen LogP contribution in [0.25, 0.3) is 91.1 Å². The zero-order valence-electron chi connectivity index (χ0n) is 30.9. The molecular weight excluding hydrogens is 709 g/mol. The van der Waals surface area contributed by atoms with Gasteiger partial charge in [0.05, 0.1) is 16.7 Å². The van der Waals surface area contributed by atoms with Gasteiger partial charge in [-0.25, -0.2) is 0 Å². The average Bonchev–Trinajstić information content (AvgIpc) is 3.80. The highest BCUT2D eigenvalue weighted by Gasteiger charge is 2.21. The fourth-order valence-corrected chi connectivity index (χ4v) is 10.2. The van der Waals surface area contributed by atoms with Crippen LogP contribution in [0.4, 0.5) is 17.1 Å². The molecule has 2 nitrogen and oxygen atoms in total. The number of hydrogen-bond acceptors (Lipinski definition) is 2. The van der Waals surface area contributed by atoms with E-state index in [4.69, 9.17) is 0 Å². The van der Waals surface area contributed by atoms with Gasteiger partial charge in [0.2, 0.25) is 0 Å². The molecule has 57 heavy (non-hydrogen) atoms. The first-order chi connectivity index (χ1) is 28.2. The Morgan fingerprint density at radius 2 is 0.982 bits per heavy atom. The molecule has 0 aliphatic rings. The van der Waals surface area contributed by atoms with Crippen LogP contribution in [0, 0.1) is 0 Å². The van der Waals surface area contributed by atoms with Gasteiger partial charge in [0.15, 0.2) is 0 Å². The van der Waals surface area contributed by atoms with Crippen molar-refractivity contribution in [3.63, 3.8) is 0 Å². The topological polar surface area (TPSA) is 8.17 Å². The summed E-state index contributed by atoms with van der Waals surface area (Å²) in [5.74, 6) is 0. The second-order valence-corrected chi connectivity index (χ2v) is 16.0. The molecule has 0 radical (unpaired) electrons. The number of rotatable bonds is 5. The highest BCUT2D eigenvalue weighted by Crippen LogP contribution is 2.46. The van der Waals surface area contributed by atoms with E-state index in [0.717, 1.165) is 22.7 Å². The molecular formula is C54H34N2S. The first kappa shape index (κ1) is 32.1. The molecule has 0 saturated heterocycles. The SMILES string of the molecule is c1ccc(-n2c3ccccc3c3ccc(N(c4ccc5sc6cc7ccccc7cc6c5c4)c4ccc(-c5ccc6ccccc6c5)c5ccccc45)cc32)cc1. The van der Waals surface area contributed by atoms with E-state index < -0.39 is 0 Å².